The summed E-state index contributed by atoms with van der Waals surface area (Å²) in [6.45, 7) is 9.22. The molecular weight excluding hydrogens is 512 g/mol. The average molecular weight is 555 g/mol. The van der Waals surface area contributed by atoms with Crippen LogP contribution in [-0.4, -0.2) is 69.4 Å². The van der Waals surface area contributed by atoms with Gasteiger partial charge in [-0.3, -0.25) is 14.4 Å². The lowest BCUT2D eigenvalue weighted by atomic mass is 9.86. The Morgan fingerprint density at radius 2 is 2.05 bits per heavy atom. The van der Waals surface area contributed by atoms with Gasteiger partial charge < -0.3 is 21.1 Å². The largest absolute Gasteiger partial charge is 0.383 e. The molecule has 11 heteroatoms. The molecule has 0 spiro atoms. The Morgan fingerprint density at radius 3 is 2.72 bits per heavy atom. The molecule has 1 fully saturated rings. The minimum atomic E-state index is -0.221. The van der Waals surface area contributed by atoms with Crippen molar-refractivity contribution in [3.8, 4) is 0 Å². The molecule has 4 N–H and O–H groups in total. The highest BCUT2D eigenvalue weighted by Crippen LogP contribution is 2.41. The minimum absolute atomic E-state index is 0.136. The van der Waals surface area contributed by atoms with Crippen molar-refractivity contribution in [2.24, 2.45) is 11.7 Å². The van der Waals surface area contributed by atoms with E-state index in [1.54, 1.807) is 18.4 Å². The maximum absolute atomic E-state index is 12.1. The molecule has 0 saturated heterocycles. The first-order chi connectivity index (χ1) is 18.9. The number of hydrogen-bond donors (Lipinski definition) is 3. The number of nitrogens with one attached hydrogen (secondary N) is 2. The van der Waals surface area contributed by atoms with Crippen LogP contribution < -0.4 is 16.4 Å². The first-order valence-corrected chi connectivity index (χ1v) is 15.1. The summed E-state index contributed by atoms with van der Waals surface area (Å²) in [5.74, 6) is 1.75. The van der Waals surface area contributed by atoms with Crippen molar-refractivity contribution in [3.63, 3.8) is 0 Å². The Bertz CT molecular complexity index is 1280. The number of aromatic nitrogens is 4. The number of nitrogens with two attached hydrogens (primary N) is 1. The second-order valence-corrected chi connectivity index (χ2v) is 12.2. The normalized spacial score (nSPS) is 21.4. The fraction of sp³-hybridized carbons (Fsp3) is 0.643. The molecule has 0 aliphatic heterocycles. The van der Waals surface area contributed by atoms with Crippen molar-refractivity contribution in [3.05, 3.63) is 22.7 Å². The highest BCUT2D eigenvalue weighted by atomic mass is 32.1. The monoisotopic (exact) mass is 554 g/mol. The number of carbonyl (C=O) groups is 1. The van der Waals surface area contributed by atoms with Gasteiger partial charge in [0.2, 0.25) is 11.9 Å². The van der Waals surface area contributed by atoms with E-state index >= 15 is 0 Å². The predicted octanol–water partition coefficient (Wildman–Crippen LogP) is 4.49. The van der Waals surface area contributed by atoms with Crippen LogP contribution in [-0.2, 0) is 22.4 Å². The van der Waals surface area contributed by atoms with Gasteiger partial charge >= 0.3 is 0 Å². The molecule has 2 aliphatic rings. The van der Waals surface area contributed by atoms with Gasteiger partial charge in [0.25, 0.3) is 0 Å². The number of likely N-dealkylation sites (N-methyl/N-ethyl adjacent to an activating group) is 1. The van der Waals surface area contributed by atoms with Gasteiger partial charge in [0.05, 0.1) is 12.0 Å². The van der Waals surface area contributed by atoms with Crippen LogP contribution in [0.25, 0.3) is 10.2 Å². The third-order valence-electron chi connectivity index (χ3n) is 8.23. The second-order valence-electron chi connectivity index (χ2n) is 11.1. The molecule has 3 aromatic heterocycles. The molecule has 1 atom stereocenters. The summed E-state index contributed by atoms with van der Waals surface area (Å²) in [5, 5.41) is 12.8. The predicted molar refractivity (Wildman–Crippen MR) is 157 cm³/mol. The van der Waals surface area contributed by atoms with Crippen molar-refractivity contribution in [1.82, 2.24) is 24.6 Å². The zero-order valence-electron chi connectivity index (χ0n) is 23.6. The summed E-state index contributed by atoms with van der Waals surface area (Å²) < 4.78 is 7.24. The van der Waals surface area contributed by atoms with Gasteiger partial charge in [-0.1, -0.05) is 6.92 Å². The van der Waals surface area contributed by atoms with E-state index in [2.05, 4.69) is 41.4 Å². The number of fused-ring (bicyclic) bond motifs is 3. The summed E-state index contributed by atoms with van der Waals surface area (Å²) in [6.07, 6.45) is 8.72. The summed E-state index contributed by atoms with van der Waals surface area (Å²) in [4.78, 5) is 26.7. The van der Waals surface area contributed by atoms with Crippen LogP contribution in [0.15, 0.2) is 12.3 Å². The lowest BCUT2D eigenvalue weighted by Crippen LogP contribution is -2.42. The van der Waals surface area contributed by atoms with Gasteiger partial charge in [0.15, 0.2) is 5.82 Å². The van der Waals surface area contributed by atoms with Gasteiger partial charge in [-0.2, -0.15) is 10.1 Å². The molecule has 0 radical (unpaired) electrons. The molecule has 0 aromatic carbocycles. The SMILES string of the molecule is CCN(CCOC)C1CCC(Nc2nc(Nc3ccn(C(C)C)n3)nc3sc4c(c23)C[C@H](C(N)=O)CC4)CC1. The van der Waals surface area contributed by atoms with E-state index in [4.69, 9.17) is 20.4 Å². The molecule has 2 aliphatic carbocycles. The van der Waals surface area contributed by atoms with Gasteiger partial charge in [-0.15, -0.1) is 11.3 Å². The Morgan fingerprint density at radius 1 is 1.26 bits per heavy atom. The molecule has 10 nitrogen and oxygen atoms in total. The molecule has 5 rings (SSSR count). The van der Waals surface area contributed by atoms with Gasteiger partial charge in [0, 0.05) is 54.8 Å². The molecule has 3 heterocycles. The lowest BCUT2D eigenvalue weighted by molar-refractivity contribution is -0.122. The van der Waals surface area contributed by atoms with Crippen molar-refractivity contribution >= 4 is 45.0 Å². The maximum atomic E-state index is 12.1. The highest BCUT2D eigenvalue weighted by Gasteiger charge is 2.30. The number of anilines is 3. The standard InChI is InChI=1S/C28H42N8O2S/c1-5-35(14-15-38-4)20-9-7-19(8-10-20)30-26-24-21-16-18(25(29)37)6-11-22(21)39-27(24)33-28(32-26)31-23-12-13-36(34-23)17(2)3/h12-13,17-20H,5-11,14-16H2,1-4H3,(H2,29,37)(H2,30,31,32,33,34)/t18-,19?,20?/m1/s1. The second kappa shape index (κ2) is 12.2. The molecule has 1 amide bonds. The van der Waals surface area contributed by atoms with Gasteiger partial charge in [0.1, 0.15) is 10.6 Å². The first kappa shape index (κ1) is 27.8. The van der Waals surface area contributed by atoms with Crippen molar-refractivity contribution < 1.29 is 9.53 Å². The molecule has 39 heavy (non-hydrogen) atoms. The number of rotatable bonds is 11. The lowest BCUT2D eigenvalue weighted by Gasteiger charge is -2.36. The average Bonchev–Trinajstić information content (AvgIpc) is 3.54. The molecule has 1 saturated carbocycles. The summed E-state index contributed by atoms with van der Waals surface area (Å²) in [6, 6.07) is 3.14. The topological polar surface area (TPSA) is 123 Å². The number of thiophene rings is 1. The van der Waals surface area contributed by atoms with E-state index in [9.17, 15) is 4.79 Å². The molecular formula is C28H42N8O2S. The third-order valence-corrected chi connectivity index (χ3v) is 9.41. The van der Waals surface area contributed by atoms with Crippen LogP contribution in [0.5, 0.6) is 0 Å². The van der Waals surface area contributed by atoms with E-state index in [0.29, 0.717) is 24.5 Å². The number of hydrogen-bond acceptors (Lipinski definition) is 9. The fourth-order valence-corrected chi connectivity index (χ4v) is 7.19. The quantitative estimate of drug-likeness (QED) is 0.317. The molecule has 3 aromatic rings. The van der Waals surface area contributed by atoms with E-state index in [1.165, 1.54) is 10.4 Å². The number of amides is 1. The molecule has 212 valence electrons. The van der Waals surface area contributed by atoms with Crippen LogP contribution in [0.1, 0.15) is 69.4 Å². The Kier molecular flexibility index (Phi) is 8.68. The maximum Gasteiger partial charge on any atom is 0.231 e. The molecule has 0 bridgehead atoms. The number of nitrogens with zero attached hydrogens (tertiary/aromatic N) is 5. The van der Waals surface area contributed by atoms with Crippen molar-refractivity contribution in [1.29, 1.82) is 0 Å². The van der Waals surface area contributed by atoms with Gasteiger partial charge in [-0.05, 0) is 70.9 Å². The smallest absolute Gasteiger partial charge is 0.231 e. The summed E-state index contributed by atoms with van der Waals surface area (Å²) >= 11 is 1.71. The zero-order valence-corrected chi connectivity index (χ0v) is 24.4. The highest BCUT2D eigenvalue weighted by molar-refractivity contribution is 7.19. The van der Waals surface area contributed by atoms with E-state index in [1.807, 2.05) is 16.9 Å². The van der Waals surface area contributed by atoms with Gasteiger partial charge in [-0.25, -0.2) is 4.98 Å². The Labute approximate surface area is 234 Å². The van der Waals surface area contributed by atoms with E-state index < -0.39 is 0 Å². The first-order valence-electron chi connectivity index (χ1n) is 14.3. The number of ether oxygens (including phenoxy) is 1. The zero-order chi connectivity index (χ0) is 27.5. The van der Waals surface area contributed by atoms with E-state index in [0.717, 1.165) is 80.1 Å². The van der Waals surface area contributed by atoms with Crippen LogP contribution >= 0.6 is 11.3 Å². The number of methoxy groups -OCH3 is 1. The minimum Gasteiger partial charge on any atom is -0.383 e. The van der Waals surface area contributed by atoms with Crippen molar-refractivity contribution in [2.75, 3.05) is 37.4 Å². The number of aryl methyl sites for hydroxylation is 1. The van der Waals surface area contributed by atoms with Crippen LogP contribution in [0.4, 0.5) is 17.6 Å². The molecule has 0 unspecified atom stereocenters. The summed E-state index contributed by atoms with van der Waals surface area (Å²) in [7, 11) is 1.77. The van der Waals surface area contributed by atoms with Crippen molar-refractivity contribution in [2.45, 2.75) is 83.8 Å². The fourth-order valence-electron chi connectivity index (χ4n) is 5.97. The van der Waals surface area contributed by atoms with Crippen LogP contribution in [0, 0.1) is 5.92 Å². The van der Waals surface area contributed by atoms with Crippen LogP contribution in [0.3, 0.4) is 0 Å². The summed E-state index contributed by atoms with van der Waals surface area (Å²) in [5.41, 5.74) is 6.91. The Hall–Kier alpha value is -2.76. The van der Waals surface area contributed by atoms with Crippen LogP contribution in [0.2, 0.25) is 0 Å². The third kappa shape index (κ3) is 6.20. The number of primary amides is 1. The van der Waals surface area contributed by atoms with E-state index in [-0.39, 0.29) is 17.9 Å². The number of carbonyl (C=O) groups excluding carboxylic acids is 1. The Balaban J connectivity index is 1.41.